The average molecular weight is 312 g/mol. The number of pyridine rings is 1. The predicted octanol–water partition coefficient (Wildman–Crippen LogP) is 1.73. The van der Waals surface area contributed by atoms with E-state index in [0.29, 0.717) is 25.0 Å². The van der Waals surface area contributed by atoms with Gasteiger partial charge in [0.15, 0.2) is 0 Å². The van der Waals surface area contributed by atoms with Crippen LogP contribution in [0, 0.1) is 5.92 Å². The highest BCUT2D eigenvalue weighted by atomic mass is 16.5. The van der Waals surface area contributed by atoms with Crippen LogP contribution in [0.5, 0.6) is 6.01 Å². The minimum atomic E-state index is 0.152. The van der Waals surface area contributed by atoms with Gasteiger partial charge in [0.1, 0.15) is 0 Å². The van der Waals surface area contributed by atoms with Crippen molar-refractivity contribution in [3.05, 3.63) is 48.5 Å². The van der Waals surface area contributed by atoms with E-state index in [-0.39, 0.29) is 5.91 Å². The molecule has 1 amide bonds. The van der Waals surface area contributed by atoms with Crippen molar-refractivity contribution in [1.82, 2.24) is 19.9 Å². The van der Waals surface area contributed by atoms with E-state index in [1.807, 2.05) is 17.0 Å². The molecule has 0 radical (unpaired) electrons. The zero-order valence-electron chi connectivity index (χ0n) is 13.0. The molecule has 0 bridgehead atoms. The molecule has 0 aliphatic carbocycles. The summed E-state index contributed by atoms with van der Waals surface area (Å²) in [6, 6.07) is 5.94. The lowest BCUT2D eigenvalue weighted by molar-refractivity contribution is -0.132. The van der Waals surface area contributed by atoms with Crippen molar-refractivity contribution in [2.45, 2.75) is 19.3 Å². The van der Waals surface area contributed by atoms with E-state index in [1.165, 1.54) is 0 Å². The first-order chi connectivity index (χ1) is 11.3. The molecule has 120 valence electrons. The van der Waals surface area contributed by atoms with E-state index in [0.717, 1.165) is 31.5 Å². The molecule has 6 nitrogen and oxygen atoms in total. The van der Waals surface area contributed by atoms with Crippen LogP contribution in [0.4, 0.5) is 0 Å². The molecule has 2 aromatic rings. The van der Waals surface area contributed by atoms with Gasteiger partial charge in [-0.25, -0.2) is 9.97 Å². The minimum Gasteiger partial charge on any atom is -0.463 e. The van der Waals surface area contributed by atoms with Gasteiger partial charge in [0.25, 0.3) is 0 Å². The number of ether oxygens (including phenoxy) is 1. The first-order valence-electron chi connectivity index (χ1n) is 7.88. The van der Waals surface area contributed by atoms with Crippen molar-refractivity contribution in [1.29, 1.82) is 0 Å². The van der Waals surface area contributed by atoms with Crippen LogP contribution in [0.15, 0.2) is 43.0 Å². The Morgan fingerprint density at radius 2 is 2.13 bits per heavy atom. The lowest BCUT2D eigenvalue weighted by Crippen LogP contribution is -2.42. The van der Waals surface area contributed by atoms with Crippen LogP contribution < -0.4 is 4.74 Å². The predicted molar refractivity (Wildman–Crippen MR) is 84.8 cm³/mol. The number of nitrogens with zero attached hydrogens (tertiary/aromatic N) is 4. The number of aromatic nitrogens is 3. The van der Waals surface area contributed by atoms with Gasteiger partial charge in [-0.1, -0.05) is 6.07 Å². The van der Waals surface area contributed by atoms with E-state index in [2.05, 4.69) is 15.0 Å². The van der Waals surface area contributed by atoms with Crippen LogP contribution in [0.25, 0.3) is 0 Å². The SMILES string of the molecule is O=C(Cc1cccnc1)N1CCCC(COc2ncccn2)C1. The summed E-state index contributed by atoms with van der Waals surface area (Å²) >= 11 is 0. The Balaban J connectivity index is 1.50. The Hall–Kier alpha value is -2.50. The van der Waals surface area contributed by atoms with Crippen molar-refractivity contribution >= 4 is 5.91 Å². The summed E-state index contributed by atoms with van der Waals surface area (Å²) < 4.78 is 5.62. The number of carbonyl (C=O) groups is 1. The molecular formula is C17H20N4O2. The molecule has 0 aromatic carbocycles. The molecule has 1 saturated heterocycles. The maximum Gasteiger partial charge on any atom is 0.316 e. The summed E-state index contributed by atoms with van der Waals surface area (Å²) in [5.41, 5.74) is 0.952. The Morgan fingerprint density at radius 1 is 1.26 bits per heavy atom. The van der Waals surface area contributed by atoms with Crippen molar-refractivity contribution in [3.8, 4) is 6.01 Å². The lowest BCUT2D eigenvalue weighted by Gasteiger charge is -2.32. The second kappa shape index (κ2) is 7.67. The highest BCUT2D eigenvalue weighted by molar-refractivity contribution is 5.78. The van der Waals surface area contributed by atoms with Crippen LogP contribution >= 0.6 is 0 Å². The molecule has 1 atom stereocenters. The van der Waals surface area contributed by atoms with Gasteiger partial charge >= 0.3 is 6.01 Å². The number of amides is 1. The quantitative estimate of drug-likeness (QED) is 0.841. The van der Waals surface area contributed by atoms with Crippen LogP contribution in [0.2, 0.25) is 0 Å². The molecule has 3 heterocycles. The number of rotatable bonds is 5. The Labute approximate surface area is 135 Å². The largest absolute Gasteiger partial charge is 0.463 e. The summed E-state index contributed by atoms with van der Waals surface area (Å²) in [5.74, 6) is 0.476. The molecule has 3 rings (SSSR count). The Morgan fingerprint density at radius 3 is 2.91 bits per heavy atom. The van der Waals surface area contributed by atoms with Crippen LogP contribution in [-0.4, -0.2) is 45.5 Å². The topological polar surface area (TPSA) is 68.2 Å². The third kappa shape index (κ3) is 4.48. The molecule has 0 N–H and O–H groups in total. The molecule has 1 aliphatic heterocycles. The van der Waals surface area contributed by atoms with Gasteiger partial charge in [-0.3, -0.25) is 9.78 Å². The standard InChI is InChI=1S/C17H20N4O2/c22-16(10-14-4-1-6-18-11-14)21-9-2-5-15(12-21)13-23-17-19-7-3-8-20-17/h1,3-4,6-8,11,15H,2,5,9-10,12-13H2. The van der Waals surface area contributed by atoms with E-state index in [1.54, 1.807) is 30.9 Å². The third-order valence-electron chi connectivity index (χ3n) is 3.94. The number of hydrogen-bond donors (Lipinski definition) is 0. The van der Waals surface area contributed by atoms with Gasteiger partial charge in [0.05, 0.1) is 13.0 Å². The number of likely N-dealkylation sites (tertiary alicyclic amines) is 1. The van der Waals surface area contributed by atoms with Crippen molar-refractivity contribution in [2.24, 2.45) is 5.92 Å². The first-order valence-corrected chi connectivity index (χ1v) is 7.88. The number of carbonyl (C=O) groups excluding carboxylic acids is 1. The fourth-order valence-corrected chi connectivity index (χ4v) is 2.77. The first kappa shape index (κ1) is 15.4. The van der Waals surface area contributed by atoms with E-state index < -0.39 is 0 Å². The fraction of sp³-hybridized carbons (Fsp3) is 0.412. The van der Waals surface area contributed by atoms with Crippen molar-refractivity contribution in [2.75, 3.05) is 19.7 Å². The van der Waals surface area contributed by atoms with Gasteiger partial charge in [-0.2, -0.15) is 0 Å². The summed E-state index contributed by atoms with van der Waals surface area (Å²) in [7, 11) is 0. The molecule has 1 unspecified atom stereocenters. The van der Waals surface area contributed by atoms with Crippen molar-refractivity contribution in [3.63, 3.8) is 0 Å². The van der Waals surface area contributed by atoms with Crippen molar-refractivity contribution < 1.29 is 9.53 Å². The summed E-state index contributed by atoms with van der Waals surface area (Å²) in [6.45, 7) is 2.09. The Kier molecular flexibility index (Phi) is 5.13. The molecule has 1 fully saturated rings. The molecule has 6 heteroatoms. The van der Waals surface area contributed by atoms with Crippen LogP contribution in [0.3, 0.4) is 0 Å². The summed E-state index contributed by atoms with van der Waals surface area (Å²) in [4.78, 5) is 26.5. The van der Waals surface area contributed by atoms with Gasteiger partial charge in [-0.15, -0.1) is 0 Å². The second-order valence-electron chi connectivity index (χ2n) is 5.73. The molecule has 0 spiro atoms. The fourth-order valence-electron chi connectivity index (χ4n) is 2.77. The van der Waals surface area contributed by atoms with Gasteiger partial charge < -0.3 is 9.64 Å². The highest BCUT2D eigenvalue weighted by Gasteiger charge is 2.24. The summed E-state index contributed by atoms with van der Waals surface area (Å²) in [5, 5.41) is 0. The molecule has 23 heavy (non-hydrogen) atoms. The van der Waals surface area contributed by atoms with E-state index in [9.17, 15) is 4.79 Å². The number of hydrogen-bond acceptors (Lipinski definition) is 5. The smallest absolute Gasteiger partial charge is 0.316 e. The molecule has 1 aliphatic rings. The minimum absolute atomic E-state index is 0.152. The average Bonchev–Trinajstić information content (AvgIpc) is 2.62. The zero-order chi connectivity index (χ0) is 15.9. The van der Waals surface area contributed by atoms with Crippen LogP contribution in [-0.2, 0) is 11.2 Å². The maximum absolute atomic E-state index is 12.4. The molecule has 2 aromatic heterocycles. The third-order valence-corrected chi connectivity index (χ3v) is 3.94. The van der Waals surface area contributed by atoms with Gasteiger partial charge in [0.2, 0.25) is 5.91 Å². The van der Waals surface area contributed by atoms with E-state index in [4.69, 9.17) is 4.74 Å². The summed E-state index contributed by atoms with van der Waals surface area (Å²) in [6.07, 6.45) is 9.25. The van der Waals surface area contributed by atoms with Crippen LogP contribution in [0.1, 0.15) is 18.4 Å². The molecule has 0 saturated carbocycles. The monoisotopic (exact) mass is 312 g/mol. The van der Waals surface area contributed by atoms with Gasteiger partial charge in [0, 0.05) is 43.8 Å². The zero-order valence-corrected chi connectivity index (χ0v) is 13.0. The second-order valence-corrected chi connectivity index (χ2v) is 5.73. The van der Waals surface area contributed by atoms with Gasteiger partial charge in [-0.05, 0) is 30.5 Å². The molecular weight excluding hydrogens is 292 g/mol. The lowest BCUT2D eigenvalue weighted by atomic mass is 9.98. The highest BCUT2D eigenvalue weighted by Crippen LogP contribution is 2.18. The Bertz CT molecular complexity index is 621. The normalized spacial score (nSPS) is 17.7. The maximum atomic E-state index is 12.4. The number of piperidine rings is 1. The van der Waals surface area contributed by atoms with E-state index >= 15 is 0 Å².